The smallest absolute Gasteiger partial charge is 0.406 e. The molecule has 1 aromatic heterocycles. The molecule has 0 atom stereocenters. The highest BCUT2D eigenvalue weighted by atomic mass is 19.4. The molecule has 0 radical (unpaired) electrons. The summed E-state index contributed by atoms with van der Waals surface area (Å²) in [5.74, 6) is 0.102. The third kappa shape index (κ3) is 8.79. The minimum Gasteiger partial charge on any atom is -0.406 e. The summed E-state index contributed by atoms with van der Waals surface area (Å²) in [6.07, 6.45) is 1.18. The average molecular weight is 618 g/mol. The molecule has 0 unspecified atom stereocenters. The van der Waals surface area contributed by atoms with Gasteiger partial charge >= 0.3 is 6.36 Å². The fourth-order valence-corrected chi connectivity index (χ4v) is 5.16. The molecule has 0 aliphatic heterocycles. The van der Waals surface area contributed by atoms with Gasteiger partial charge in [-0.2, -0.15) is 10.5 Å². The van der Waals surface area contributed by atoms with Gasteiger partial charge < -0.3 is 15.0 Å². The Labute approximate surface area is 257 Å². The second kappa shape index (κ2) is 14.3. The number of carbonyl (C=O) groups excluding carboxylic acids is 1. The van der Waals surface area contributed by atoms with Crippen LogP contribution in [0, 0.1) is 11.3 Å². The predicted molar refractivity (Wildman–Crippen MR) is 162 cm³/mol. The van der Waals surface area contributed by atoms with Crippen LogP contribution in [0.1, 0.15) is 59.5 Å². The van der Waals surface area contributed by atoms with Gasteiger partial charge in [-0.05, 0) is 83.6 Å². The number of aliphatic imine (C=N–C) groups is 1. The predicted octanol–water partition coefficient (Wildman–Crippen LogP) is 6.40. The van der Waals surface area contributed by atoms with Crippen LogP contribution < -0.4 is 20.3 Å². The van der Waals surface area contributed by atoms with Crippen molar-refractivity contribution in [2.24, 2.45) is 4.99 Å². The van der Waals surface area contributed by atoms with E-state index in [9.17, 15) is 23.2 Å². The van der Waals surface area contributed by atoms with E-state index < -0.39 is 12.3 Å². The number of tetrazole rings is 1. The number of aromatic amines is 1. The Balaban J connectivity index is 1.41. The summed E-state index contributed by atoms with van der Waals surface area (Å²) >= 11 is 0. The van der Waals surface area contributed by atoms with Gasteiger partial charge in [0.25, 0.3) is 11.9 Å². The lowest BCUT2D eigenvalue weighted by Gasteiger charge is -2.28. The number of nitrogens with one attached hydrogen (secondary N) is 3. The van der Waals surface area contributed by atoms with Crippen LogP contribution in [-0.4, -0.2) is 45.4 Å². The highest BCUT2D eigenvalue weighted by Crippen LogP contribution is 2.34. The van der Waals surface area contributed by atoms with Crippen LogP contribution in [0.25, 0.3) is 0 Å². The van der Waals surface area contributed by atoms with Crippen molar-refractivity contribution in [2.75, 3.05) is 22.1 Å². The molecule has 45 heavy (non-hydrogen) atoms. The van der Waals surface area contributed by atoms with Crippen LogP contribution in [0.15, 0.2) is 77.8 Å². The van der Waals surface area contributed by atoms with E-state index in [4.69, 9.17) is 0 Å². The van der Waals surface area contributed by atoms with Gasteiger partial charge in [-0.3, -0.25) is 10.1 Å². The zero-order valence-corrected chi connectivity index (χ0v) is 24.1. The summed E-state index contributed by atoms with van der Waals surface area (Å²) in [6, 6.07) is 22.4. The molecule has 11 nitrogen and oxygen atoms in total. The molecule has 3 aromatic carbocycles. The SMILES string of the molecule is N#CCN=C(Nc1ccc(OC(F)(F)F)cc1)N(Cc1ccc(C(=O)Nc2nn[nH]n2)cc1)c1ccc(C2CCCCC2)cc1. The fraction of sp³-hybridized carbons (Fsp3) is 0.290. The summed E-state index contributed by atoms with van der Waals surface area (Å²) in [5, 5.41) is 28.2. The monoisotopic (exact) mass is 617 g/mol. The van der Waals surface area contributed by atoms with E-state index in [0.717, 1.165) is 24.1 Å². The second-order valence-corrected chi connectivity index (χ2v) is 10.4. The number of aromatic nitrogens is 4. The minimum atomic E-state index is -4.81. The molecular weight excluding hydrogens is 587 g/mol. The standard InChI is InChI=1S/C31H30F3N9O2/c32-31(33,34)45-27-16-12-25(13-17-27)37-30(36-19-18-35)43(26-14-10-23(11-15-26)22-4-2-1-3-5-22)20-21-6-8-24(9-7-21)28(44)38-29-39-41-42-40-29/h6-17,22H,1-5,19-20H2,(H,36,37)(H2,38,39,40,41,42,44). The van der Waals surface area contributed by atoms with E-state index in [1.54, 1.807) is 24.3 Å². The maximum Gasteiger partial charge on any atom is 0.573 e. The summed E-state index contributed by atoms with van der Waals surface area (Å²) in [6.45, 7) is 0.130. The number of carbonyl (C=O) groups is 1. The lowest BCUT2D eigenvalue weighted by molar-refractivity contribution is -0.274. The van der Waals surface area contributed by atoms with Crippen LogP contribution in [0.3, 0.4) is 0 Å². The van der Waals surface area contributed by atoms with E-state index in [1.165, 1.54) is 49.1 Å². The highest BCUT2D eigenvalue weighted by Gasteiger charge is 2.31. The van der Waals surface area contributed by atoms with Gasteiger partial charge in [0, 0.05) is 16.9 Å². The normalized spacial score (nSPS) is 14.0. The number of halogens is 3. The first-order valence-corrected chi connectivity index (χ1v) is 14.3. The molecule has 0 saturated heterocycles. The Morgan fingerprint density at radius 3 is 2.33 bits per heavy atom. The zero-order chi connectivity index (χ0) is 31.6. The Hall–Kier alpha value is -5.45. The third-order valence-electron chi connectivity index (χ3n) is 7.31. The number of nitrogens with zero attached hydrogens (tertiary/aromatic N) is 6. The van der Waals surface area contributed by atoms with Crippen molar-refractivity contribution in [1.82, 2.24) is 20.6 Å². The van der Waals surface area contributed by atoms with E-state index in [1.807, 2.05) is 23.1 Å². The highest BCUT2D eigenvalue weighted by molar-refractivity contribution is 6.05. The van der Waals surface area contributed by atoms with Gasteiger partial charge in [0.15, 0.2) is 0 Å². The number of rotatable bonds is 9. The second-order valence-electron chi connectivity index (χ2n) is 10.4. The van der Waals surface area contributed by atoms with Crippen LogP contribution in [-0.2, 0) is 6.54 Å². The number of benzene rings is 3. The fourth-order valence-electron chi connectivity index (χ4n) is 5.16. The third-order valence-corrected chi connectivity index (χ3v) is 7.31. The summed E-state index contributed by atoms with van der Waals surface area (Å²) < 4.78 is 42.0. The van der Waals surface area contributed by atoms with E-state index in [-0.39, 0.29) is 18.2 Å². The van der Waals surface area contributed by atoms with Crippen molar-refractivity contribution in [1.29, 1.82) is 5.26 Å². The first-order valence-electron chi connectivity index (χ1n) is 14.3. The van der Waals surface area contributed by atoms with Crippen LogP contribution in [0.5, 0.6) is 5.75 Å². The Morgan fingerprint density at radius 1 is 1.00 bits per heavy atom. The van der Waals surface area contributed by atoms with Crippen LogP contribution in [0.4, 0.5) is 30.5 Å². The van der Waals surface area contributed by atoms with Crippen molar-refractivity contribution >= 4 is 29.2 Å². The molecule has 1 amide bonds. The Morgan fingerprint density at radius 2 is 1.71 bits per heavy atom. The van der Waals surface area contributed by atoms with Gasteiger partial charge in [-0.15, -0.1) is 18.3 Å². The molecule has 1 aliphatic rings. The molecule has 0 spiro atoms. The molecule has 1 heterocycles. The largest absolute Gasteiger partial charge is 0.573 e. The average Bonchev–Trinajstić information content (AvgIpc) is 3.56. The zero-order valence-electron chi connectivity index (χ0n) is 24.1. The number of alkyl halides is 3. The minimum absolute atomic E-state index is 0.0503. The van der Waals surface area contributed by atoms with E-state index >= 15 is 0 Å². The first-order chi connectivity index (χ1) is 21.8. The summed E-state index contributed by atoms with van der Waals surface area (Å²) in [5.41, 5.74) is 3.69. The topological polar surface area (TPSA) is 144 Å². The quantitative estimate of drug-likeness (QED) is 0.111. The number of hydrogen-bond donors (Lipinski definition) is 3. The first kappa shape index (κ1) is 31.0. The molecule has 1 aliphatic carbocycles. The maximum atomic E-state index is 12.7. The molecule has 232 valence electrons. The number of guanidine groups is 1. The van der Waals surface area contributed by atoms with Crippen molar-refractivity contribution in [3.05, 3.63) is 89.5 Å². The van der Waals surface area contributed by atoms with Crippen molar-refractivity contribution in [2.45, 2.75) is 50.9 Å². The molecule has 1 saturated carbocycles. The molecule has 5 rings (SSSR count). The Bertz CT molecular complexity index is 1610. The van der Waals surface area contributed by atoms with Gasteiger partial charge in [-0.25, -0.2) is 4.99 Å². The van der Waals surface area contributed by atoms with Crippen molar-refractivity contribution in [3.63, 3.8) is 0 Å². The number of nitriles is 1. The lowest BCUT2D eigenvalue weighted by atomic mass is 9.84. The lowest BCUT2D eigenvalue weighted by Crippen LogP contribution is -2.36. The van der Waals surface area contributed by atoms with Gasteiger partial charge in [0.05, 0.1) is 12.6 Å². The van der Waals surface area contributed by atoms with Crippen molar-refractivity contribution < 1.29 is 22.7 Å². The van der Waals surface area contributed by atoms with E-state index in [0.29, 0.717) is 29.7 Å². The molecule has 14 heteroatoms. The number of hydrogen-bond acceptors (Lipinski definition) is 7. The van der Waals surface area contributed by atoms with Crippen LogP contribution in [0.2, 0.25) is 0 Å². The molecule has 1 fully saturated rings. The summed E-state index contributed by atoms with van der Waals surface area (Å²) in [4.78, 5) is 18.9. The van der Waals surface area contributed by atoms with Gasteiger partial charge in [-0.1, -0.05) is 48.6 Å². The maximum absolute atomic E-state index is 12.7. The number of ether oxygens (including phenoxy) is 1. The van der Waals surface area contributed by atoms with E-state index in [2.05, 4.69) is 53.1 Å². The Kier molecular flexibility index (Phi) is 9.88. The molecular formula is C31H30F3N9O2. The van der Waals surface area contributed by atoms with Crippen molar-refractivity contribution in [3.8, 4) is 11.8 Å². The van der Waals surface area contributed by atoms with Crippen LogP contribution >= 0.6 is 0 Å². The molecule has 0 bridgehead atoms. The number of H-pyrrole nitrogens is 1. The molecule has 4 aromatic rings. The van der Waals surface area contributed by atoms with Gasteiger partial charge in [0.2, 0.25) is 5.96 Å². The molecule has 3 N–H and O–H groups in total. The number of anilines is 3. The van der Waals surface area contributed by atoms with Gasteiger partial charge in [0.1, 0.15) is 12.3 Å². The number of amides is 1. The summed E-state index contributed by atoms with van der Waals surface area (Å²) in [7, 11) is 0.